The summed E-state index contributed by atoms with van der Waals surface area (Å²) in [5.74, 6) is -1.41. The largest absolute Gasteiger partial charge is 0.472 e. The molecule has 1 aromatic carbocycles. The van der Waals surface area contributed by atoms with Gasteiger partial charge in [-0.2, -0.15) is 0 Å². The van der Waals surface area contributed by atoms with Gasteiger partial charge in [-0.1, -0.05) is 63.4 Å². The Kier molecular flexibility index (Phi) is 17.0. The van der Waals surface area contributed by atoms with Crippen LogP contribution in [0, 0.1) is 5.92 Å². The van der Waals surface area contributed by atoms with Crippen LogP contribution in [0.5, 0.6) is 0 Å². The average Bonchev–Trinajstić information content (AvgIpc) is 3.34. The lowest BCUT2D eigenvalue weighted by Crippen LogP contribution is -2.51. The van der Waals surface area contributed by atoms with Gasteiger partial charge in [-0.25, -0.2) is 4.57 Å². The quantitative estimate of drug-likeness (QED) is 0.110. The standard InChI is InChI=1S/C25H39BrN5O7P.C2H6/c1-4-6-9-28-24(33)20(27)15-38-39(35,36)37-11-10-29-25(34)23(16(3)5-2)31-22(32)12-17-14-30-21-8-7-18(26)13-19(17)21;1-2/h7-8,13-14,16,20,23,30H,4-6,9-12,15,27H2,1-3H3,(H,28,33)(H,29,34)(H,31,32)(H,35,36);1-2H3/t16-,20?,23-;/m0./s1. The number of unbranched alkanes of at least 4 members (excludes halogenated alkanes) is 1. The molecule has 2 aromatic rings. The van der Waals surface area contributed by atoms with E-state index < -0.39 is 38.3 Å². The molecule has 2 rings (SSSR count). The first-order chi connectivity index (χ1) is 19.5. The molecule has 12 nitrogen and oxygen atoms in total. The van der Waals surface area contributed by atoms with E-state index in [0.29, 0.717) is 13.0 Å². The van der Waals surface area contributed by atoms with Crippen LogP contribution in [0.1, 0.15) is 59.4 Å². The van der Waals surface area contributed by atoms with Gasteiger partial charge in [0.2, 0.25) is 17.7 Å². The predicted molar refractivity (Wildman–Crippen MR) is 163 cm³/mol. The maximum Gasteiger partial charge on any atom is 0.472 e. The van der Waals surface area contributed by atoms with Gasteiger partial charge in [0.1, 0.15) is 12.1 Å². The van der Waals surface area contributed by atoms with E-state index in [4.69, 9.17) is 14.8 Å². The maximum atomic E-state index is 12.8. The van der Waals surface area contributed by atoms with Gasteiger partial charge >= 0.3 is 7.82 Å². The minimum Gasteiger partial charge on any atom is -0.361 e. The van der Waals surface area contributed by atoms with Gasteiger partial charge in [-0.15, -0.1) is 0 Å². The van der Waals surface area contributed by atoms with E-state index in [9.17, 15) is 23.8 Å². The van der Waals surface area contributed by atoms with Crippen molar-refractivity contribution in [3.8, 4) is 0 Å². The molecular weight excluding hydrogens is 617 g/mol. The van der Waals surface area contributed by atoms with Crippen LogP contribution in [0.25, 0.3) is 10.9 Å². The first-order valence-corrected chi connectivity index (χ1v) is 16.2. The molecule has 1 aromatic heterocycles. The second-order valence-electron chi connectivity index (χ2n) is 9.25. The van der Waals surface area contributed by atoms with Gasteiger partial charge in [0.15, 0.2) is 0 Å². The second-order valence-corrected chi connectivity index (χ2v) is 11.6. The van der Waals surface area contributed by atoms with Crippen molar-refractivity contribution in [2.75, 3.05) is 26.3 Å². The molecular formula is C27H45BrN5O7P. The van der Waals surface area contributed by atoms with E-state index in [1.807, 2.05) is 52.8 Å². The number of amides is 3. The van der Waals surface area contributed by atoms with Crippen molar-refractivity contribution in [2.24, 2.45) is 11.7 Å². The number of H-pyrrole nitrogens is 1. The number of nitrogens with one attached hydrogen (secondary N) is 4. The van der Waals surface area contributed by atoms with Crippen LogP contribution in [0.2, 0.25) is 0 Å². The summed E-state index contributed by atoms with van der Waals surface area (Å²) in [6, 6.07) is 3.80. The van der Waals surface area contributed by atoms with Crippen LogP contribution in [-0.4, -0.2) is 66.0 Å². The Bertz CT molecular complexity index is 1160. The lowest BCUT2D eigenvalue weighted by Gasteiger charge is -2.23. The number of halogens is 1. The van der Waals surface area contributed by atoms with Crippen LogP contribution in [0.4, 0.5) is 0 Å². The smallest absolute Gasteiger partial charge is 0.361 e. The van der Waals surface area contributed by atoms with E-state index in [1.165, 1.54) is 0 Å². The third-order valence-corrected chi connectivity index (χ3v) is 7.61. The molecule has 0 aliphatic carbocycles. The number of nitrogens with two attached hydrogens (primary N) is 1. The Morgan fingerprint density at radius 1 is 1.12 bits per heavy atom. The molecule has 3 amide bonds. The van der Waals surface area contributed by atoms with E-state index in [1.54, 1.807) is 6.20 Å². The third kappa shape index (κ3) is 13.1. The summed E-state index contributed by atoms with van der Waals surface area (Å²) in [5, 5.41) is 8.94. The molecule has 0 spiro atoms. The van der Waals surface area contributed by atoms with Crippen LogP contribution < -0.4 is 21.7 Å². The molecule has 14 heteroatoms. The zero-order valence-corrected chi connectivity index (χ0v) is 27.0. The highest BCUT2D eigenvalue weighted by Gasteiger charge is 2.27. The van der Waals surface area contributed by atoms with Gasteiger partial charge in [0.25, 0.3) is 0 Å². The van der Waals surface area contributed by atoms with Crippen LogP contribution >= 0.6 is 23.8 Å². The van der Waals surface area contributed by atoms with Gasteiger partial charge in [0.05, 0.1) is 19.6 Å². The van der Waals surface area contributed by atoms with Crippen molar-refractivity contribution in [3.63, 3.8) is 0 Å². The number of fused-ring (bicyclic) bond motifs is 1. The normalized spacial score (nSPS) is 14.6. The van der Waals surface area contributed by atoms with Crippen LogP contribution in [-0.2, 0) is 34.4 Å². The summed E-state index contributed by atoms with van der Waals surface area (Å²) in [4.78, 5) is 50.5. The lowest BCUT2D eigenvalue weighted by atomic mass is 9.98. The van der Waals surface area contributed by atoms with Crippen LogP contribution in [0.3, 0.4) is 0 Å². The number of carbonyl (C=O) groups excluding carboxylic acids is 3. The number of phosphoric acid groups is 1. The van der Waals surface area contributed by atoms with Crippen molar-refractivity contribution in [3.05, 3.63) is 34.4 Å². The van der Waals surface area contributed by atoms with E-state index in [-0.39, 0.29) is 31.4 Å². The minimum absolute atomic E-state index is 0.0869. The highest BCUT2D eigenvalue weighted by Crippen LogP contribution is 2.42. The molecule has 1 heterocycles. The van der Waals surface area contributed by atoms with E-state index in [2.05, 4.69) is 36.9 Å². The topological polar surface area (TPSA) is 185 Å². The SMILES string of the molecule is CC.CCCCNC(=O)C(N)COP(=O)(O)OCCNC(=O)[C@@H](NC(=O)Cc1c[nH]c2ccc(Br)cc12)[C@@H](C)CC. The summed E-state index contributed by atoms with van der Waals surface area (Å²) in [5.41, 5.74) is 7.38. The van der Waals surface area contributed by atoms with Crippen molar-refractivity contribution >= 4 is 52.4 Å². The first kappa shape index (κ1) is 36.7. The summed E-state index contributed by atoms with van der Waals surface area (Å²) >= 11 is 3.44. The number of aromatic nitrogens is 1. The summed E-state index contributed by atoms with van der Waals surface area (Å²) in [7, 11) is -4.49. The summed E-state index contributed by atoms with van der Waals surface area (Å²) in [6.07, 6.45) is 4.18. The molecule has 2 unspecified atom stereocenters. The van der Waals surface area contributed by atoms with Gasteiger partial charge < -0.3 is 31.6 Å². The zero-order chi connectivity index (χ0) is 31.0. The molecule has 0 aliphatic rings. The molecule has 0 bridgehead atoms. The minimum atomic E-state index is -4.49. The molecule has 0 radical (unpaired) electrons. The fourth-order valence-corrected chi connectivity index (χ4v) is 4.75. The first-order valence-electron chi connectivity index (χ1n) is 13.9. The zero-order valence-electron chi connectivity index (χ0n) is 24.5. The lowest BCUT2D eigenvalue weighted by molar-refractivity contribution is -0.130. The van der Waals surface area contributed by atoms with Crippen molar-refractivity contribution in [1.29, 1.82) is 0 Å². The van der Waals surface area contributed by atoms with E-state index in [0.717, 1.165) is 33.8 Å². The molecule has 0 saturated heterocycles. The van der Waals surface area contributed by atoms with Crippen molar-refractivity contribution in [2.45, 2.75) is 72.4 Å². The number of aromatic amines is 1. The third-order valence-electron chi connectivity index (χ3n) is 6.13. The number of rotatable bonds is 17. The maximum absolute atomic E-state index is 12.8. The number of carbonyl (C=O) groups is 3. The van der Waals surface area contributed by atoms with Gasteiger partial charge in [0, 0.05) is 34.7 Å². The predicted octanol–water partition coefficient (Wildman–Crippen LogP) is 3.52. The van der Waals surface area contributed by atoms with Gasteiger partial charge in [-0.05, 0) is 36.1 Å². The Labute approximate surface area is 250 Å². The highest BCUT2D eigenvalue weighted by atomic mass is 79.9. The Hall–Kier alpha value is -2.28. The molecule has 7 N–H and O–H groups in total. The number of phosphoric ester groups is 1. The van der Waals surface area contributed by atoms with Crippen molar-refractivity contribution in [1.82, 2.24) is 20.9 Å². The molecule has 41 heavy (non-hydrogen) atoms. The average molecular weight is 663 g/mol. The van der Waals surface area contributed by atoms with Crippen LogP contribution in [0.15, 0.2) is 28.9 Å². The van der Waals surface area contributed by atoms with Crippen molar-refractivity contribution < 1.29 is 32.9 Å². The highest BCUT2D eigenvalue weighted by molar-refractivity contribution is 9.10. The molecule has 0 saturated carbocycles. The monoisotopic (exact) mass is 661 g/mol. The Morgan fingerprint density at radius 3 is 2.46 bits per heavy atom. The summed E-state index contributed by atoms with van der Waals surface area (Å²) in [6.45, 7) is 9.25. The summed E-state index contributed by atoms with van der Waals surface area (Å²) < 4.78 is 22.7. The molecule has 0 fully saturated rings. The Morgan fingerprint density at radius 2 is 1.80 bits per heavy atom. The fourth-order valence-electron chi connectivity index (χ4n) is 3.65. The van der Waals surface area contributed by atoms with Gasteiger partial charge in [-0.3, -0.25) is 23.4 Å². The number of benzene rings is 1. The molecule has 0 aliphatic heterocycles. The number of hydrogen-bond donors (Lipinski definition) is 6. The number of hydrogen-bond acceptors (Lipinski definition) is 7. The molecule has 4 atom stereocenters. The second kappa shape index (κ2) is 19.0. The molecule has 232 valence electrons. The fraction of sp³-hybridized carbons (Fsp3) is 0.593. The van der Waals surface area contributed by atoms with E-state index >= 15 is 0 Å². The Balaban J connectivity index is 0.00000411.